The maximum absolute atomic E-state index is 11.3. The lowest BCUT2D eigenvalue weighted by molar-refractivity contribution is -0.145. The minimum atomic E-state index is -0.763. The Morgan fingerprint density at radius 2 is 2.47 bits per heavy atom. The number of hydrogen-bond donors (Lipinski definition) is 1. The van der Waals surface area contributed by atoms with E-state index in [1.54, 1.807) is 12.3 Å². The van der Waals surface area contributed by atoms with E-state index in [9.17, 15) is 9.90 Å². The molecule has 100 valence electrons. The molecule has 2 rings (SSSR count). The van der Waals surface area contributed by atoms with Gasteiger partial charge < -0.3 is 5.11 Å². The fourth-order valence-electron chi connectivity index (χ4n) is 2.50. The second kappa shape index (κ2) is 5.81. The maximum Gasteiger partial charge on any atom is 0.320 e. The van der Waals surface area contributed by atoms with E-state index in [0.29, 0.717) is 24.6 Å². The summed E-state index contributed by atoms with van der Waals surface area (Å²) in [5.74, 6) is -0.314. The van der Waals surface area contributed by atoms with Crippen LogP contribution in [0.15, 0.2) is 18.3 Å². The smallest absolute Gasteiger partial charge is 0.320 e. The number of carboxylic acid groups (broad SMARTS) is 1. The van der Waals surface area contributed by atoms with E-state index in [0.717, 1.165) is 18.5 Å². The Labute approximate surface area is 112 Å². The Morgan fingerprint density at radius 1 is 1.68 bits per heavy atom. The fourth-order valence-corrected chi connectivity index (χ4v) is 2.50. The highest BCUT2D eigenvalue weighted by molar-refractivity contribution is 5.73. The molecular weight excluding hydrogens is 242 g/mol. The third-order valence-corrected chi connectivity index (χ3v) is 3.59. The Balaban J connectivity index is 2.12. The van der Waals surface area contributed by atoms with Gasteiger partial charge in [-0.3, -0.25) is 9.69 Å². The quantitative estimate of drug-likeness (QED) is 0.892. The highest BCUT2D eigenvalue weighted by Gasteiger charge is 2.31. The van der Waals surface area contributed by atoms with Crippen molar-refractivity contribution < 1.29 is 9.90 Å². The summed E-state index contributed by atoms with van der Waals surface area (Å²) in [7, 11) is 0. The van der Waals surface area contributed by atoms with Crippen molar-refractivity contribution in [2.75, 3.05) is 6.54 Å². The molecule has 1 aromatic heterocycles. The number of hydrogen-bond acceptors (Lipinski definition) is 4. The fraction of sp³-hybridized carbons (Fsp3) is 0.500. The third kappa shape index (κ3) is 3.30. The number of rotatable bonds is 3. The van der Waals surface area contributed by atoms with Crippen LogP contribution in [0.5, 0.6) is 0 Å². The molecule has 0 radical (unpaired) electrons. The average molecular weight is 259 g/mol. The van der Waals surface area contributed by atoms with Crippen molar-refractivity contribution in [2.24, 2.45) is 5.92 Å². The van der Waals surface area contributed by atoms with Gasteiger partial charge in [0.25, 0.3) is 0 Å². The number of aromatic nitrogens is 1. The van der Waals surface area contributed by atoms with Gasteiger partial charge in [0.15, 0.2) is 0 Å². The number of carboxylic acids is 1. The van der Waals surface area contributed by atoms with Gasteiger partial charge in [-0.05, 0) is 43.0 Å². The molecule has 0 aromatic carbocycles. The van der Waals surface area contributed by atoms with Crippen LogP contribution in [-0.4, -0.2) is 33.5 Å². The summed E-state index contributed by atoms with van der Waals surface area (Å²) in [6.07, 6.45) is 3.29. The number of likely N-dealkylation sites (tertiary alicyclic amines) is 1. The van der Waals surface area contributed by atoms with Crippen LogP contribution in [0.4, 0.5) is 0 Å². The van der Waals surface area contributed by atoms with Crippen LogP contribution in [0.25, 0.3) is 0 Å². The Bertz CT molecular complexity index is 510. The van der Waals surface area contributed by atoms with Gasteiger partial charge in [-0.2, -0.15) is 5.26 Å². The Hall–Kier alpha value is -1.93. The van der Waals surface area contributed by atoms with Gasteiger partial charge in [-0.15, -0.1) is 0 Å². The standard InChI is InChI=1S/C14H17N3O2/c1-10-3-5-17(13(6-10)14(18)19)9-11-2-4-16-12(7-11)8-15/h2,4,7,10,13H,3,5-6,9H2,1H3,(H,18,19). The van der Waals surface area contributed by atoms with E-state index in [2.05, 4.69) is 11.9 Å². The van der Waals surface area contributed by atoms with Gasteiger partial charge >= 0.3 is 5.97 Å². The number of piperidine rings is 1. The predicted molar refractivity (Wildman–Crippen MR) is 69.2 cm³/mol. The van der Waals surface area contributed by atoms with Crippen LogP contribution in [0.3, 0.4) is 0 Å². The van der Waals surface area contributed by atoms with Crippen LogP contribution in [0.1, 0.15) is 31.0 Å². The second-order valence-corrected chi connectivity index (χ2v) is 5.12. The largest absolute Gasteiger partial charge is 0.480 e. The molecule has 2 heterocycles. The molecule has 1 N–H and O–H groups in total. The molecule has 0 spiro atoms. The summed E-state index contributed by atoms with van der Waals surface area (Å²) in [5, 5.41) is 18.1. The summed E-state index contributed by atoms with van der Waals surface area (Å²) in [6.45, 7) is 3.43. The minimum Gasteiger partial charge on any atom is -0.480 e. The summed E-state index contributed by atoms with van der Waals surface area (Å²) in [4.78, 5) is 17.2. The molecule has 1 aliphatic heterocycles. The van der Waals surface area contributed by atoms with Crippen LogP contribution >= 0.6 is 0 Å². The summed E-state index contributed by atoms with van der Waals surface area (Å²) < 4.78 is 0. The molecule has 5 heteroatoms. The molecule has 19 heavy (non-hydrogen) atoms. The predicted octanol–water partition coefficient (Wildman–Crippen LogP) is 1.64. The second-order valence-electron chi connectivity index (χ2n) is 5.12. The normalized spacial score (nSPS) is 23.8. The third-order valence-electron chi connectivity index (χ3n) is 3.59. The zero-order valence-electron chi connectivity index (χ0n) is 10.9. The van der Waals surface area contributed by atoms with Gasteiger partial charge in [0.05, 0.1) is 0 Å². The van der Waals surface area contributed by atoms with Crippen LogP contribution in [-0.2, 0) is 11.3 Å². The first kappa shape index (κ1) is 13.5. The highest BCUT2D eigenvalue weighted by Crippen LogP contribution is 2.24. The summed E-state index contributed by atoms with van der Waals surface area (Å²) >= 11 is 0. The van der Waals surface area contributed by atoms with Crippen molar-refractivity contribution >= 4 is 5.97 Å². The Kier molecular flexibility index (Phi) is 4.13. The molecule has 2 unspecified atom stereocenters. The van der Waals surface area contributed by atoms with Crippen molar-refractivity contribution in [3.05, 3.63) is 29.6 Å². The SMILES string of the molecule is CC1CCN(Cc2ccnc(C#N)c2)C(C(=O)O)C1. The summed E-state index contributed by atoms with van der Waals surface area (Å²) in [5.41, 5.74) is 1.31. The van der Waals surface area contributed by atoms with Crippen LogP contribution in [0, 0.1) is 17.2 Å². The summed E-state index contributed by atoms with van der Waals surface area (Å²) in [6, 6.07) is 5.12. The molecule has 1 aromatic rings. The van der Waals surface area contributed by atoms with Gasteiger partial charge in [-0.25, -0.2) is 4.98 Å². The van der Waals surface area contributed by atoms with Gasteiger partial charge in [0, 0.05) is 12.7 Å². The van der Waals surface area contributed by atoms with E-state index < -0.39 is 12.0 Å². The zero-order valence-corrected chi connectivity index (χ0v) is 10.9. The first-order chi connectivity index (χ1) is 9.10. The van der Waals surface area contributed by atoms with E-state index in [1.165, 1.54) is 0 Å². The van der Waals surface area contributed by atoms with Gasteiger partial charge in [0.2, 0.25) is 0 Å². The highest BCUT2D eigenvalue weighted by atomic mass is 16.4. The minimum absolute atomic E-state index is 0.370. The van der Waals surface area contributed by atoms with E-state index >= 15 is 0 Å². The van der Waals surface area contributed by atoms with E-state index in [-0.39, 0.29) is 0 Å². The monoisotopic (exact) mass is 259 g/mol. The lowest BCUT2D eigenvalue weighted by Crippen LogP contribution is -2.46. The molecule has 0 amide bonds. The molecule has 1 aliphatic rings. The van der Waals surface area contributed by atoms with Crippen molar-refractivity contribution in [3.8, 4) is 6.07 Å². The number of nitrogens with zero attached hydrogens (tertiary/aromatic N) is 3. The Morgan fingerprint density at radius 3 is 3.16 bits per heavy atom. The van der Waals surface area contributed by atoms with Crippen molar-refractivity contribution in [1.82, 2.24) is 9.88 Å². The molecule has 5 nitrogen and oxygen atoms in total. The van der Waals surface area contributed by atoms with Gasteiger partial charge in [0.1, 0.15) is 17.8 Å². The first-order valence-electron chi connectivity index (χ1n) is 6.42. The van der Waals surface area contributed by atoms with Crippen LogP contribution < -0.4 is 0 Å². The van der Waals surface area contributed by atoms with Crippen molar-refractivity contribution in [3.63, 3.8) is 0 Å². The first-order valence-corrected chi connectivity index (χ1v) is 6.42. The molecule has 1 fully saturated rings. The topological polar surface area (TPSA) is 77.2 Å². The van der Waals surface area contributed by atoms with Crippen LogP contribution in [0.2, 0.25) is 0 Å². The average Bonchev–Trinajstić information content (AvgIpc) is 2.41. The molecule has 0 bridgehead atoms. The molecule has 0 saturated carbocycles. The van der Waals surface area contributed by atoms with E-state index in [1.807, 2.05) is 17.0 Å². The van der Waals surface area contributed by atoms with Crippen molar-refractivity contribution in [2.45, 2.75) is 32.4 Å². The number of aliphatic carboxylic acids is 1. The number of pyridine rings is 1. The number of nitriles is 1. The number of carbonyl (C=O) groups is 1. The molecule has 0 aliphatic carbocycles. The molecular formula is C14H17N3O2. The molecule has 1 saturated heterocycles. The maximum atomic E-state index is 11.3. The van der Waals surface area contributed by atoms with E-state index in [4.69, 9.17) is 5.26 Å². The molecule has 2 atom stereocenters. The lowest BCUT2D eigenvalue weighted by atomic mass is 9.92. The lowest BCUT2D eigenvalue weighted by Gasteiger charge is -2.35. The van der Waals surface area contributed by atoms with Gasteiger partial charge in [-0.1, -0.05) is 6.92 Å². The van der Waals surface area contributed by atoms with Crippen molar-refractivity contribution in [1.29, 1.82) is 5.26 Å². The zero-order chi connectivity index (χ0) is 13.8.